The number of hydrogen-bond donors (Lipinski definition) is 5. The lowest BCUT2D eigenvalue weighted by molar-refractivity contribution is -0.142. The van der Waals surface area contributed by atoms with Gasteiger partial charge in [-0.3, -0.25) is 19.2 Å². The molecule has 5 N–H and O–H groups in total. The van der Waals surface area contributed by atoms with Crippen molar-refractivity contribution in [3.05, 3.63) is 0 Å². The molecule has 1 unspecified atom stereocenters. The molecule has 0 aliphatic heterocycles. The van der Waals surface area contributed by atoms with E-state index in [1.165, 1.54) is 64.2 Å². The molecule has 15 heteroatoms. The van der Waals surface area contributed by atoms with Crippen LogP contribution < -0.4 is 21.3 Å². The van der Waals surface area contributed by atoms with Gasteiger partial charge < -0.3 is 45.3 Å². The SMILES string of the molecule is CCCCCCCCCCCCCCCC(=O)NC(CCCCNC(=O)CCOCCOCCNC(=O)CCOCCOCCNC(=O)CBr)C(=O)O. The first-order valence-electron chi connectivity index (χ1n) is 20.0. The fourth-order valence-electron chi connectivity index (χ4n) is 5.25. The van der Waals surface area contributed by atoms with Crippen molar-refractivity contribution in [2.75, 3.05) is 77.8 Å². The molecule has 0 rings (SSSR count). The molecule has 0 aliphatic rings. The van der Waals surface area contributed by atoms with E-state index in [1.54, 1.807) is 0 Å². The van der Waals surface area contributed by atoms with Crippen molar-refractivity contribution >= 4 is 45.5 Å². The molecule has 0 saturated heterocycles. The van der Waals surface area contributed by atoms with Gasteiger partial charge in [-0.2, -0.15) is 0 Å². The Balaban J connectivity index is 3.60. The largest absolute Gasteiger partial charge is 0.480 e. The van der Waals surface area contributed by atoms with Gasteiger partial charge in [-0.15, -0.1) is 0 Å². The maximum absolute atomic E-state index is 12.3. The van der Waals surface area contributed by atoms with Gasteiger partial charge in [0.25, 0.3) is 0 Å². The Labute approximate surface area is 326 Å². The Bertz CT molecular complexity index is 931. The van der Waals surface area contributed by atoms with E-state index in [0.717, 1.165) is 19.3 Å². The summed E-state index contributed by atoms with van der Waals surface area (Å²) in [4.78, 5) is 58.9. The highest BCUT2D eigenvalue weighted by Crippen LogP contribution is 2.13. The fraction of sp³-hybridized carbons (Fsp3) is 0.868. The lowest BCUT2D eigenvalue weighted by Crippen LogP contribution is -2.40. The second-order valence-corrected chi connectivity index (χ2v) is 13.6. The number of amides is 4. The molecule has 0 aromatic carbocycles. The number of unbranched alkanes of at least 4 members (excludes halogenated alkanes) is 13. The second-order valence-electron chi connectivity index (χ2n) is 13.1. The summed E-state index contributed by atoms with van der Waals surface area (Å²) in [6.07, 6.45) is 18.3. The second kappa shape index (κ2) is 39.4. The van der Waals surface area contributed by atoms with Crippen LogP contribution in [-0.4, -0.2) is 119 Å². The van der Waals surface area contributed by atoms with Crippen LogP contribution in [0.25, 0.3) is 0 Å². The van der Waals surface area contributed by atoms with Crippen LogP contribution in [0, 0.1) is 0 Å². The number of hydrogen-bond acceptors (Lipinski definition) is 9. The highest BCUT2D eigenvalue weighted by atomic mass is 79.9. The van der Waals surface area contributed by atoms with Crippen LogP contribution >= 0.6 is 15.9 Å². The van der Waals surface area contributed by atoms with Crippen LogP contribution in [0.2, 0.25) is 0 Å². The molecule has 310 valence electrons. The van der Waals surface area contributed by atoms with E-state index in [9.17, 15) is 29.1 Å². The van der Waals surface area contributed by atoms with Gasteiger partial charge >= 0.3 is 5.97 Å². The maximum atomic E-state index is 12.3. The Morgan fingerprint density at radius 1 is 0.491 bits per heavy atom. The van der Waals surface area contributed by atoms with Gasteiger partial charge in [0.2, 0.25) is 23.6 Å². The molecule has 4 amide bonds. The van der Waals surface area contributed by atoms with E-state index in [2.05, 4.69) is 44.1 Å². The zero-order valence-electron chi connectivity index (χ0n) is 32.5. The van der Waals surface area contributed by atoms with Gasteiger partial charge in [0, 0.05) is 38.9 Å². The van der Waals surface area contributed by atoms with E-state index in [-0.39, 0.29) is 55.0 Å². The number of carbonyl (C=O) groups is 5. The van der Waals surface area contributed by atoms with Crippen molar-refractivity contribution in [3.8, 4) is 0 Å². The summed E-state index contributed by atoms with van der Waals surface area (Å²) in [7, 11) is 0. The van der Waals surface area contributed by atoms with Gasteiger partial charge in [-0.25, -0.2) is 4.79 Å². The van der Waals surface area contributed by atoms with Crippen molar-refractivity contribution in [2.45, 2.75) is 135 Å². The monoisotopic (exact) mass is 822 g/mol. The molecule has 0 spiro atoms. The number of rotatable bonds is 40. The first kappa shape index (κ1) is 50.7. The molecule has 0 heterocycles. The number of carboxylic acids is 1. The van der Waals surface area contributed by atoms with Crippen LogP contribution in [0.15, 0.2) is 0 Å². The zero-order chi connectivity index (χ0) is 39.0. The van der Waals surface area contributed by atoms with E-state index in [1.807, 2.05) is 0 Å². The van der Waals surface area contributed by atoms with E-state index in [0.29, 0.717) is 85.0 Å². The van der Waals surface area contributed by atoms with E-state index in [4.69, 9.17) is 18.9 Å². The van der Waals surface area contributed by atoms with E-state index < -0.39 is 12.0 Å². The molecule has 0 aromatic heterocycles. The molecule has 0 aliphatic carbocycles. The average molecular weight is 824 g/mol. The molecule has 0 bridgehead atoms. The van der Waals surface area contributed by atoms with Gasteiger partial charge in [0.05, 0.1) is 58.2 Å². The minimum absolute atomic E-state index is 0.0957. The van der Waals surface area contributed by atoms with Gasteiger partial charge in [0.15, 0.2) is 0 Å². The maximum Gasteiger partial charge on any atom is 0.326 e. The molecule has 1 atom stereocenters. The zero-order valence-corrected chi connectivity index (χ0v) is 34.1. The Kier molecular flexibility index (Phi) is 37.6. The quantitative estimate of drug-likeness (QED) is 0.0424. The Morgan fingerprint density at radius 2 is 0.925 bits per heavy atom. The lowest BCUT2D eigenvalue weighted by Gasteiger charge is -2.14. The van der Waals surface area contributed by atoms with Gasteiger partial charge in [0.1, 0.15) is 6.04 Å². The smallest absolute Gasteiger partial charge is 0.326 e. The molecular weight excluding hydrogens is 752 g/mol. The summed E-state index contributed by atoms with van der Waals surface area (Å²) in [5, 5.41) is 20.6. The third kappa shape index (κ3) is 37.8. The highest BCUT2D eigenvalue weighted by molar-refractivity contribution is 9.09. The summed E-state index contributed by atoms with van der Waals surface area (Å²) >= 11 is 3.06. The van der Waals surface area contributed by atoms with Crippen molar-refractivity contribution in [2.24, 2.45) is 0 Å². The summed E-state index contributed by atoms with van der Waals surface area (Å²) in [6, 6.07) is -0.915. The number of ether oxygens (including phenoxy) is 4. The third-order valence-electron chi connectivity index (χ3n) is 8.33. The van der Waals surface area contributed by atoms with Crippen LogP contribution in [0.1, 0.15) is 129 Å². The van der Waals surface area contributed by atoms with Crippen molar-refractivity contribution in [3.63, 3.8) is 0 Å². The molecule has 53 heavy (non-hydrogen) atoms. The number of halogens is 1. The first-order chi connectivity index (χ1) is 25.8. The Hall–Kier alpha value is -2.33. The number of carboxylic acid groups (broad SMARTS) is 1. The molecular formula is C38H71BrN4O10. The van der Waals surface area contributed by atoms with Crippen molar-refractivity contribution in [1.82, 2.24) is 21.3 Å². The van der Waals surface area contributed by atoms with Gasteiger partial charge in [-0.05, 0) is 25.7 Å². The average Bonchev–Trinajstić information content (AvgIpc) is 3.14. The minimum Gasteiger partial charge on any atom is -0.480 e. The molecule has 0 fully saturated rings. The van der Waals surface area contributed by atoms with Crippen LogP contribution in [0.4, 0.5) is 0 Å². The number of nitrogens with one attached hydrogen (secondary N) is 4. The standard InChI is InChI=1S/C38H71BrN4O10/c1-2-3-4-5-6-7-8-9-10-11-12-13-14-18-36(46)43-33(38(48)49)17-15-16-21-40-34(44)19-24-50-28-30-52-26-22-41-35(45)20-25-51-29-31-53-27-23-42-37(47)32-39/h33H,2-32H2,1H3,(H,40,44)(H,41,45)(H,42,47)(H,43,46)(H,48,49). The minimum atomic E-state index is -1.04. The molecule has 0 aromatic rings. The third-order valence-corrected chi connectivity index (χ3v) is 8.84. The van der Waals surface area contributed by atoms with Crippen molar-refractivity contribution < 1.29 is 48.0 Å². The lowest BCUT2D eigenvalue weighted by atomic mass is 10.0. The highest BCUT2D eigenvalue weighted by Gasteiger charge is 2.19. The Morgan fingerprint density at radius 3 is 1.40 bits per heavy atom. The summed E-state index contributed by atoms with van der Waals surface area (Å²) < 4.78 is 21.5. The topological polar surface area (TPSA) is 191 Å². The number of aliphatic carboxylic acids is 1. The molecule has 0 radical (unpaired) electrons. The molecule has 0 saturated carbocycles. The van der Waals surface area contributed by atoms with Crippen LogP contribution in [0.5, 0.6) is 0 Å². The number of carbonyl (C=O) groups excluding carboxylic acids is 4. The van der Waals surface area contributed by atoms with Crippen LogP contribution in [0.3, 0.4) is 0 Å². The number of alkyl halides is 1. The summed E-state index contributed by atoms with van der Waals surface area (Å²) in [5.41, 5.74) is 0. The fourth-order valence-corrected chi connectivity index (χ4v) is 5.45. The predicted octanol–water partition coefficient (Wildman–Crippen LogP) is 4.80. The normalized spacial score (nSPS) is 11.6. The summed E-state index contributed by atoms with van der Waals surface area (Å²) in [6.45, 7) is 6.12. The summed E-state index contributed by atoms with van der Waals surface area (Å²) in [5.74, 6) is -1.64. The molecule has 14 nitrogen and oxygen atoms in total. The van der Waals surface area contributed by atoms with Crippen molar-refractivity contribution in [1.29, 1.82) is 0 Å². The first-order valence-corrected chi connectivity index (χ1v) is 21.1. The van der Waals surface area contributed by atoms with Crippen LogP contribution in [-0.2, 0) is 42.9 Å². The van der Waals surface area contributed by atoms with E-state index >= 15 is 0 Å². The predicted molar refractivity (Wildman–Crippen MR) is 209 cm³/mol. The van der Waals surface area contributed by atoms with Gasteiger partial charge in [-0.1, -0.05) is 99.9 Å².